The van der Waals surface area contributed by atoms with Crippen molar-refractivity contribution >= 4 is 11.6 Å². The lowest BCUT2D eigenvalue weighted by atomic mass is 9.95. The summed E-state index contributed by atoms with van der Waals surface area (Å²) < 4.78 is 0. The molecule has 0 radical (unpaired) electrons. The first kappa shape index (κ1) is 12.2. The molecule has 2 rings (SSSR count). The lowest BCUT2D eigenvalue weighted by Crippen LogP contribution is -2.33. The highest BCUT2D eigenvalue weighted by atomic mass is 16.2. The minimum atomic E-state index is 0.155. The van der Waals surface area contributed by atoms with Crippen LogP contribution in [-0.2, 0) is 17.6 Å². The molecule has 0 aromatic heterocycles. The van der Waals surface area contributed by atoms with Gasteiger partial charge in [0.2, 0.25) is 5.91 Å². The van der Waals surface area contributed by atoms with E-state index in [-0.39, 0.29) is 5.91 Å². The maximum Gasteiger partial charge on any atom is 0.223 e. The highest BCUT2D eigenvalue weighted by molar-refractivity contribution is 5.92. The SMILES string of the molecule is CC(=O)N1CCCc2cc(CC(C)C)ccc21. The van der Waals surface area contributed by atoms with Gasteiger partial charge < -0.3 is 4.90 Å². The minimum absolute atomic E-state index is 0.155. The lowest BCUT2D eigenvalue weighted by Gasteiger charge is -2.29. The smallest absolute Gasteiger partial charge is 0.223 e. The van der Waals surface area contributed by atoms with E-state index in [9.17, 15) is 4.79 Å². The fraction of sp³-hybridized carbons (Fsp3) is 0.533. The molecule has 0 aliphatic carbocycles. The van der Waals surface area contributed by atoms with Gasteiger partial charge in [-0.2, -0.15) is 0 Å². The molecule has 0 bridgehead atoms. The Labute approximate surface area is 104 Å². The molecule has 1 heterocycles. The summed E-state index contributed by atoms with van der Waals surface area (Å²) in [4.78, 5) is 13.5. The van der Waals surface area contributed by atoms with Crippen molar-refractivity contribution in [1.29, 1.82) is 0 Å². The van der Waals surface area contributed by atoms with Gasteiger partial charge in [0.05, 0.1) is 0 Å². The molecule has 0 saturated heterocycles. The van der Waals surface area contributed by atoms with E-state index in [2.05, 4.69) is 32.0 Å². The van der Waals surface area contributed by atoms with Crippen LogP contribution in [0.1, 0.15) is 38.3 Å². The zero-order valence-corrected chi connectivity index (χ0v) is 11.0. The molecule has 1 aliphatic rings. The Morgan fingerprint density at radius 3 is 2.82 bits per heavy atom. The van der Waals surface area contributed by atoms with Crippen LogP contribution >= 0.6 is 0 Å². The average Bonchev–Trinajstić information content (AvgIpc) is 2.26. The van der Waals surface area contributed by atoms with Crippen LogP contribution in [-0.4, -0.2) is 12.5 Å². The molecule has 0 saturated carbocycles. The van der Waals surface area contributed by atoms with Gasteiger partial charge in [-0.3, -0.25) is 4.79 Å². The summed E-state index contributed by atoms with van der Waals surface area (Å²) in [5, 5.41) is 0. The average molecular weight is 231 g/mol. The first-order valence-electron chi connectivity index (χ1n) is 6.48. The molecule has 1 aliphatic heterocycles. The van der Waals surface area contributed by atoms with Gasteiger partial charge in [0.15, 0.2) is 0 Å². The largest absolute Gasteiger partial charge is 0.312 e. The third-order valence-corrected chi connectivity index (χ3v) is 3.29. The molecular weight excluding hydrogens is 210 g/mol. The molecule has 1 amide bonds. The van der Waals surface area contributed by atoms with Gasteiger partial charge >= 0.3 is 0 Å². The van der Waals surface area contributed by atoms with Gasteiger partial charge in [-0.1, -0.05) is 26.0 Å². The first-order valence-corrected chi connectivity index (χ1v) is 6.48. The molecule has 0 unspecified atom stereocenters. The molecule has 1 aromatic rings. The Morgan fingerprint density at radius 1 is 1.41 bits per heavy atom. The van der Waals surface area contributed by atoms with Crippen LogP contribution in [0.5, 0.6) is 0 Å². The van der Waals surface area contributed by atoms with E-state index < -0.39 is 0 Å². The zero-order chi connectivity index (χ0) is 12.4. The van der Waals surface area contributed by atoms with Crippen molar-refractivity contribution in [2.75, 3.05) is 11.4 Å². The topological polar surface area (TPSA) is 20.3 Å². The molecule has 17 heavy (non-hydrogen) atoms. The summed E-state index contributed by atoms with van der Waals surface area (Å²) >= 11 is 0. The number of carbonyl (C=O) groups is 1. The molecule has 2 nitrogen and oxygen atoms in total. The quantitative estimate of drug-likeness (QED) is 0.765. The van der Waals surface area contributed by atoms with Crippen LogP contribution in [0.3, 0.4) is 0 Å². The second-order valence-corrected chi connectivity index (χ2v) is 5.34. The van der Waals surface area contributed by atoms with Crippen molar-refractivity contribution < 1.29 is 4.79 Å². The Morgan fingerprint density at radius 2 is 2.18 bits per heavy atom. The number of aryl methyl sites for hydroxylation is 1. The zero-order valence-electron chi connectivity index (χ0n) is 11.0. The van der Waals surface area contributed by atoms with Gasteiger partial charge in [-0.05, 0) is 42.4 Å². The van der Waals surface area contributed by atoms with Gasteiger partial charge in [0, 0.05) is 19.2 Å². The van der Waals surface area contributed by atoms with Crippen molar-refractivity contribution in [3.63, 3.8) is 0 Å². The second-order valence-electron chi connectivity index (χ2n) is 5.34. The third-order valence-electron chi connectivity index (χ3n) is 3.29. The number of carbonyl (C=O) groups excluding carboxylic acids is 1. The Kier molecular flexibility index (Phi) is 3.51. The van der Waals surface area contributed by atoms with Crippen LogP contribution < -0.4 is 4.90 Å². The van der Waals surface area contributed by atoms with Gasteiger partial charge in [-0.15, -0.1) is 0 Å². The molecule has 0 N–H and O–H groups in total. The summed E-state index contributed by atoms with van der Waals surface area (Å²) in [6, 6.07) is 6.57. The molecule has 0 atom stereocenters. The summed E-state index contributed by atoms with van der Waals surface area (Å²) in [7, 11) is 0. The summed E-state index contributed by atoms with van der Waals surface area (Å²) in [5.41, 5.74) is 3.85. The predicted octanol–water partition coefficient (Wildman–Crippen LogP) is 3.18. The minimum Gasteiger partial charge on any atom is -0.312 e. The van der Waals surface area contributed by atoms with Crippen LogP contribution in [0.15, 0.2) is 18.2 Å². The maximum absolute atomic E-state index is 11.6. The van der Waals surface area contributed by atoms with Crippen molar-refractivity contribution in [2.45, 2.75) is 40.0 Å². The Hall–Kier alpha value is -1.31. The van der Waals surface area contributed by atoms with Gasteiger partial charge in [0.25, 0.3) is 0 Å². The molecule has 2 heteroatoms. The molecule has 1 aromatic carbocycles. The normalized spacial score (nSPS) is 14.9. The summed E-state index contributed by atoms with van der Waals surface area (Å²) in [6.45, 7) is 6.99. The van der Waals surface area contributed by atoms with Crippen LogP contribution in [0.2, 0.25) is 0 Å². The highest BCUT2D eigenvalue weighted by Gasteiger charge is 2.19. The third kappa shape index (κ3) is 2.68. The number of amides is 1. The van der Waals surface area contributed by atoms with E-state index in [1.165, 1.54) is 11.1 Å². The number of anilines is 1. The van der Waals surface area contributed by atoms with E-state index in [0.717, 1.165) is 31.5 Å². The van der Waals surface area contributed by atoms with Crippen LogP contribution in [0, 0.1) is 5.92 Å². The van der Waals surface area contributed by atoms with E-state index in [0.29, 0.717) is 5.92 Å². The van der Waals surface area contributed by atoms with Crippen molar-refractivity contribution in [3.05, 3.63) is 29.3 Å². The number of hydrogen-bond donors (Lipinski definition) is 0. The summed E-state index contributed by atoms with van der Waals surface area (Å²) in [6.07, 6.45) is 3.30. The number of benzene rings is 1. The van der Waals surface area contributed by atoms with Gasteiger partial charge in [-0.25, -0.2) is 0 Å². The predicted molar refractivity (Wildman–Crippen MR) is 71.3 cm³/mol. The molecular formula is C15H21NO. The van der Waals surface area contributed by atoms with Crippen LogP contribution in [0.25, 0.3) is 0 Å². The van der Waals surface area contributed by atoms with Crippen molar-refractivity contribution in [2.24, 2.45) is 5.92 Å². The van der Waals surface area contributed by atoms with Crippen molar-refractivity contribution in [3.8, 4) is 0 Å². The summed E-state index contributed by atoms with van der Waals surface area (Å²) in [5.74, 6) is 0.836. The van der Waals surface area contributed by atoms with E-state index in [1.54, 1.807) is 6.92 Å². The standard InChI is InChI=1S/C15H21NO/c1-11(2)9-13-6-7-15-14(10-13)5-4-8-16(15)12(3)17/h6-7,10-11H,4-5,8-9H2,1-3H3. The van der Waals surface area contributed by atoms with Crippen LogP contribution in [0.4, 0.5) is 5.69 Å². The lowest BCUT2D eigenvalue weighted by molar-refractivity contribution is -0.116. The van der Waals surface area contributed by atoms with Crippen molar-refractivity contribution in [1.82, 2.24) is 0 Å². The maximum atomic E-state index is 11.6. The van der Waals surface area contributed by atoms with Gasteiger partial charge in [0.1, 0.15) is 0 Å². The number of hydrogen-bond acceptors (Lipinski definition) is 1. The second kappa shape index (κ2) is 4.91. The monoisotopic (exact) mass is 231 g/mol. The number of rotatable bonds is 2. The molecule has 0 fully saturated rings. The number of nitrogens with zero attached hydrogens (tertiary/aromatic N) is 1. The Bertz CT molecular complexity index is 423. The fourth-order valence-corrected chi connectivity index (χ4v) is 2.58. The molecule has 0 spiro atoms. The Balaban J connectivity index is 2.29. The first-order chi connectivity index (χ1) is 8.08. The fourth-order valence-electron chi connectivity index (χ4n) is 2.58. The van der Waals surface area contributed by atoms with E-state index >= 15 is 0 Å². The highest BCUT2D eigenvalue weighted by Crippen LogP contribution is 2.28. The molecule has 92 valence electrons. The van der Waals surface area contributed by atoms with E-state index in [1.807, 2.05) is 4.90 Å². The number of fused-ring (bicyclic) bond motifs is 1. The van der Waals surface area contributed by atoms with E-state index in [4.69, 9.17) is 0 Å².